The lowest BCUT2D eigenvalue weighted by molar-refractivity contribution is -0.122. The molecule has 1 atom stereocenters. The molecular formula is C15H30N2O. The number of rotatable bonds is 9. The number of nitrogens with two attached hydrogens (primary N) is 1. The van der Waals surface area contributed by atoms with Crippen molar-refractivity contribution in [3.8, 4) is 0 Å². The zero-order valence-corrected chi connectivity index (χ0v) is 12.3. The molecule has 18 heavy (non-hydrogen) atoms. The summed E-state index contributed by atoms with van der Waals surface area (Å²) in [4.78, 5) is 11.9. The summed E-state index contributed by atoms with van der Waals surface area (Å²) in [6.45, 7) is 8.07. The first-order valence-corrected chi connectivity index (χ1v) is 7.48. The summed E-state index contributed by atoms with van der Waals surface area (Å²) < 4.78 is 0. The van der Waals surface area contributed by atoms with Crippen molar-refractivity contribution in [1.29, 1.82) is 0 Å². The van der Waals surface area contributed by atoms with Gasteiger partial charge in [0.15, 0.2) is 0 Å². The SMILES string of the molecule is CCCC1(CNC(=O)C[C@@H](CN)CC(C)C)CC1. The Morgan fingerprint density at radius 3 is 2.50 bits per heavy atom. The van der Waals surface area contributed by atoms with Gasteiger partial charge in [-0.3, -0.25) is 4.79 Å². The Morgan fingerprint density at radius 1 is 1.39 bits per heavy atom. The molecule has 0 heterocycles. The predicted molar refractivity (Wildman–Crippen MR) is 76.2 cm³/mol. The highest BCUT2D eigenvalue weighted by Crippen LogP contribution is 2.48. The molecule has 1 aliphatic carbocycles. The van der Waals surface area contributed by atoms with Gasteiger partial charge in [-0.15, -0.1) is 0 Å². The number of nitrogens with one attached hydrogen (secondary N) is 1. The van der Waals surface area contributed by atoms with Gasteiger partial charge >= 0.3 is 0 Å². The Kier molecular flexibility index (Phi) is 6.13. The molecule has 0 aromatic rings. The van der Waals surface area contributed by atoms with E-state index in [0.717, 1.165) is 13.0 Å². The van der Waals surface area contributed by atoms with E-state index in [1.165, 1.54) is 25.7 Å². The quantitative estimate of drug-likeness (QED) is 0.664. The molecule has 0 unspecified atom stereocenters. The topological polar surface area (TPSA) is 55.1 Å². The monoisotopic (exact) mass is 254 g/mol. The van der Waals surface area contributed by atoms with E-state index < -0.39 is 0 Å². The predicted octanol–water partition coefficient (Wildman–Crippen LogP) is 2.69. The lowest BCUT2D eigenvalue weighted by Gasteiger charge is -2.19. The Balaban J connectivity index is 2.24. The molecule has 0 aromatic carbocycles. The molecule has 1 amide bonds. The normalized spacial score (nSPS) is 18.7. The van der Waals surface area contributed by atoms with Gasteiger partial charge < -0.3 is 11.1 Å². The highest BCUT2D eigenvalue weighted by molar-refractivity contribution is 5.76. The van der Waals surface area contributed by atoms with Crippen LogP contribution in [0.3, 0.4) is 0 Å². The smallest absolute Gasteiger partial charge is 0.220 e. The van der Waals surface area contributed by atoms with Crippen LogP contribution in [0.4, 0.5) is 0 Å². The van der Waals surface area contributed by atoms with E-state index >= 15 is 0 Å². The van der Waals surface area contributed by atoms with E-state index in [2.05, 4.69) is 26.1 Å². The maximum atomic E-state index is 11.9. The highest BCUT2D eigenvalue weighted by Gasteiger charge is 2.41. The zero-order chi connectivity index (χ0) is 13.6. The molecule has 0 spiro atoms. The van der Waals surface area contributed by atoms with Crippen molar-refractivity contribution in [2.45, 2.75) is 59.3 Å². The summed E-state index contributed by atoms with van der Waals surface area (Å²) in [6.07, 6.45) is 6.68. The standard InChI is InChI=1S/C15H30N2O/c1-4-5-15(6-7-15)11-17-14(18)9-13(10-16)8-12(2)3/h12-13H,4-11,16H2,1-3H3,(H,17,18)/t13-/m0/s1. The third-order valence-corrected chi connectivity index (χ3v) is 4.01. The second-order valence-electron chi connectivity index (χ2n) is 6.46. The summed E-state index contributed by atoms with van der Waals surface area (Å²) >= 11 is 0. The van der Waals surface area contributed by atoms with Crippen LogP contribution in [-0.2, 0) is 4.79 Å². The largest absolute Gasteiger partial charge is 0.356 e. The van der Waals surface area contributed by atoms with Crippen LogP contribution < -0.4 is 11.1 Å². The van der Waals surface area contributed by atoms with E-state index in [-0.39, 0.29) is 5.91 Å². The molecule has 0 radical (unpaired) electrons. The molecule has 1 fully saturated rings. The van der Waals surface area contributed by atoms with Crippen LogP contribution in [0.5, 0.6) is 0 Å². The Bertz CT molecular complexity index is 259. The van der Waals surface area contributed by atoms with Crippen LogP contribution in [0.15, 0.2) is 0 Å². The van der Waals surface area contributed by atoms with Crippen molar-refractivity contribution in [2.24, 2.45) is 23.0 Å². The second-order valence-corrected chi connectivity index (χ2v) is 6.46. The van der Waals surface area contributed by atoms with Gasteiger partial charge in [-0.05, 0) is 49.5 Å². The van der Waals surface area contributed by atoms with E-state index in [0.29, 0.717) is 30.2 Å². The van der Waals surface area contributed by atoms with Crippen molar-refractivity contribution < 1.29 is 4.79 Å². The molecule has 106 valence electrons. The number of hydrogen-bond acceptors (Lipinski definition) is 2. The van der Waals surface area contributed by atoms with Crippen LogP contribution in [0.25, 0.3) is 0 Å². The van der Waals surface area contributed by atoms with Crippen LogP contribution >= 0.6 is 0 Å². The maximum absolute atomic E-state index is 11.9. The highest BCUT2D eigenvalue weighted by atomic mass is 16.1. The third kappa shape index (κ3) is 5.38. The van der Waals surface area contributed by atoms with Crippen molar-refractivity contribution in [2.75, 3.05) is 13.1 Å². The molecule has 1 rings (SSSR count). The zero-order valence-electron chi connectivity index (χ0n) is 12.3. The van der Waals surface area contributed by atoms with Crippen molar-refractivity contribution in [3.63, 3.8) is 0 Å². The molecule has 1 saturated carbocycles. The van der Waals surface area contributed by atoms with E-state index in [1.54, 1.807) is 0 Å². The number of carbonyl (C=O) groups is 1. The number of amides is 1. The summed E-state index contributed by atoms with van der Waals surface area (Å²) in [5, 5.41) is 3.11. The minimum absolute atomic E-state index is 0.188. The third-order valence-electron chi connectivity index (χ3n) is 4.01. The minimum atomic E-state index is 0.188. The number of carbonyl (C=O) groups excluding carboxylic acids is 1. The van der Waals surface area contributed by atoms with Gasteiger partial charge in [-0.1, -0.05) is 27.2 Å². The van der Waals surface area contributed by atoms with Crippen molar-refractivity contribution >= 4 is 5.91 Å². The average Bonchev–Trinajstić information content (AvgIpc) is 3.06. The lowest BCUT2D eigenvalue weighted by Crippen LogP contribution is -2.33. The molecule has 0 bridgehead atoms. The second kappa shape index (κ2) is 7.13. The summed E-state index contributed by atoms with van der Waals surface area (Å²) in [5.74, 6) is 1.14. The first-order valence-electron chi connectivity index (χ1n) is 7.48. The molecule has 3 nitrogen and oxygen atoms in total. The van der Waals surface area contributed by atoms with Crippen LogP contribution in [0.1, 0.15) is 59.3 Å². The van der Waals surface area contributed by atoms with Crippen LogP contribution in [0, 0.1) is 17.3 Å². The fraction of sp³-hybridized carbons (Fsp3) is 0.933. The van der Waals surface area contributed by atoms with Gasteiger partial charge in [0.05, 0.1) is 0 Å². The Labute approximate surface area is 112 Å². The fourth-order valence-electron chi connectivity index (χ4n) is 2.77. The van der Waals surface area contributed by atoms with Crippen LogP contribution in [0.2, 0.25) is 0 Å². The average molecular weight is 254 g/mol. The van der Waals surface area contributed by atoms with Gasteiger partial charge in [0, 0.05) is 13.0 Å². The van der Waals surface area contributed by atoms with Crippen molar-refractivity contribution in [1.82, 2.24) is 5.32 Å². The van der Waals surface area contributed by atoms with Gasteiger partial charge in [0.2, 0.25) is 5.91 Å². The molecule has 3 N–H and O–H groups in total. The molecular weight excluding hydrogens is 224 g/mol. The molecule has 3 heteroatoms. The first kappa shape index (κ1) is 15.5. The Hall–Kier alpha value is -0.570. The van der Waals surface area contributed by atoms with Gasteiger partial charge in [-0.25, -0.2) is 0 Å². The van der Waals surface area contributed by atoms with Gasteiger partial charge in [0.25, 0.3) is 0 Å². The fourth-order valence-corrected chi connectivity index (χ4v) is 2.77. The lowest BCUT2D eigenvalue weighted by atomic mass is 9.93. The Morgan fingerprint density at radius 2 is 2.06 bits per heavy atom. The summed E-state index contributed by atoms with van der Waals surface area (Å²) in [7, 11) is 0. The van der Waals surface area contributed by atoms with E-state index in [1.807, 2.05) is 0 Å². The summed E-state index contributed by atoms with van der Waals surface area (Å²) in [6, 6.07) is 0. The molecule has 0 saturated heterocycles. The summed E-state index contributed by atoms with van der Waals surface area (Å²) in [5.41, 5.74) is 6.18. The van der Waals surface area contributed by atoms with E-state index in [4.69, 9.17) is 5.73 Å². The van der Waals surface area contributed by atoms with Crippen LogP contribution in [-0.4, -0.2) is 19.0 Å². The van der Waals surface area contributed by atoms with E-state index in [9.17, 15) is 4.79 Å². The van der Waals surface area contributed by atoms with Crippen molar-refractivity contribution in [3.05, 3.63) is 0 Å². The minimum Gasteiger partial charge on any atom is -0.356 e. The molecule has 0 aliphatic heterocycles. The molecule has 0 aromatic heterocycles. The van der Waals surface area contributed by atoms with Gasteiger partial charge in [0.1, 0.15) is 0 Å². The van der Waals surface area contributed by atoms with Gasteiger partial charge in [-0.2, -0.15) is 0 Å². The maximum Gasteiger partial charge on any atom is 0.220 e. The first-order chi connectivity index (χ1) is 8.51. The molecule has 1 aliphatic rings. The number of hydrogen-bond donors (Lipinski definition) is 2.